The van der Waals surface area contributed by atoms with Crippen LogP contribution in [0.2, 0.25) is 0 Å². The highest BCUT2D eigenvalue weighted by atomic mass is 16.5. The molecular weight excluding hydrogens is 200 g/mol. The van der Waals surface area contributed by atoms with E-state index in [1.54, 1.807) is 0 Å². The average molecular weight is 226 g/mol. The number of piperidine rings is 1. The molecular formula is C13H26N2O. The number of hydrogen-bond donors (Lipinski definition) is 1. The van der Waals surface area contributed by atoms with Gasteiger partial charge in [0.25, 0.3) is 0 Å². The van der Waals surface area contributed by atoms with E-state index >= 15 is 0 Å². The molecule has 1 unspecified atom stereocenters. The van der Waals surface area contributed by atoms with Crippen LogP contribution in [-0.2, 0) is 4.74 Å². The lowest BCUT2D eigenvalue weighted by atomic mass is 9.83. The topological polar surface area (TPSA) is 24.5 Å². The summed E-state index contributed by atoms with van der Waals surface area (Å²) in [7, 11) is 2.21. The van der Waals surface area contributed by atoms with E-state index in [-0.39, 0.29) is 11.1 Å². The summed E-state index contributed by atoms with van der Waals surface area (Å²) in [5.41, 5.74) is 0.196. The van der Waals surface area contributed by atoms with Crippen LogP contribution in [0.3, 0.4) is 0 Å². The van der Waals surface area contributed by atoms with Gasteiger partial charge in [0.1, 0.15) is 5.72 Å². The average Bonchev–Trinajstić information content (AvgIpc) is 2.24. The lowest BCUT2D eigenvalue weighted by Crippen LogP contribution is -2.60. The molecule has 2 saturated heterocycles. The minimum absolute atomic E-state index is 0.0865. The molecule has 0 aromatic rings. The molecule has 0 saturated carbocycles. The van der Waals surface area contributed by atoms with E-state index in [0.29, 0.717) is 5.92 Å². The van der Waals surface area contributed by atoms with Crippen molar-refractivity contribution in [2.45, 2.75) is 39.3 Å². The molecule has 0 spiro atoms. The molecule has 16 heavy (non-hydrogen) atoms. The highest BCUT2D eigenvalue weighted by Crippen LogP contribution is 2.34. The van der Waals surface area contributed by atoms with Gasteiger partial charge in [0.05, 0.1) is 6.61 Å². The summed E-state index contributed by atoms with van der Waals surface area (Å²) in [6.07, 6.45) is 2.50. The fraction of sp³-hybridized carbons (Fsp3) is 1.00. The van der Waals surface area contributed by atoms with Gasteiger partial charge in [-0.25, -0.2) is 0 Å². The Morgan fingerprint density at radius 1 is 1.19 bits per heavy atom. The van der Waals surface area contributed by atoms with E-state index in [1.807, 2.05) is 0 Å². The fourth-order valence-corrected chi connectivity index (χ4v) is 2.68. The minimum Gasteiger partial charge on any atom is -0.360 e. The molecule has 1 atom stereocenters. The van der Waals surface area contributed by atoms with Crippen molar-refractivity contribution in [2.24, 2.45) is 11.3 Å². The predicted octanol–water partition coefficient (Wildman–Crippen LogP) is 1.69. The summed E-state index contributed by atoms with van der Waals surface area (Å²) in [6, 6.07) is 0. The van der Waals surface area contributed by atoms with E-state index in [4.69, 9.17) is 4.74 Å². The minimum atomic E-state index is -0.0865. The van der Waals surface area contributed by atoms with Crippen molar-refractivity contribution in [1.82, 2.24) is 10.2 Å². The van der Waals surface area contributed by atoms with Crippen LogP contribution >= 0.6 is 0 Å². The second kappa shape index (κ2) is 4.28. The molecule has 3 heteroatoms. The smallest absolute Gasteiger partial charge is 0.119 e. The first-order chi connectivity index (χ1) is 7.41. The molecule has 2 rings (SSSR count). The van der Waals surface area contributed by atoms with Crippen molar-refractivity contribution in [1.29, 1.82) is 0 Å². The van der Waals surface area contributed by atoms with Crippen molar-refractivity contribution in [3.05, 3.63) is 0 Å². The van der Waals surface area contributed by atoms with E-state index < -0.39 is 0 Å². The van der Waals surface area contributed by atoms with E-state index in [2.05, 4.69) is 38.0 Å². The summed E-state index contributed by atoms with van der Waals surface area (Å²) < 4.78 is 6.13. The third-order valence-corrected chi connectivity index (χ3v) is 4.18. The van der Waals surface area contributed by atoms with Crippen LogP contribution in [0.4, 0.5) is 0 Å². The van der Waals surface area contributed by atoms with E-state index in [1.165, 1.54) is 25.9 Å². The molecule has 0 aliphatic carbocycles. The van der Waals surface area contributed by atoms with Gasteiger partial charge in [-0.15, -0.1) is 0 Å². The van der Waals surface area contributed by atoms with E-state index in [9.17, 15) is 0 Å². The standard InChI is InChI=1S/C13H26N2O/c1-12(2)9-14-13(3,16-10-12)11-5-7-15(4)8-6-11/h11,14H,5-10H2,1-4H3. The molecule has 1 N–H and O–H groups in total. The van der Waals surface area contributed by atoms with Gasteiger partial charge in [0.2, 0.25) is 0 Å². The van der Waals surface area contributed by atoms with Crippen LogP contribution < -0.4 is 5.32 Å². The molecule has 2 aliphatic heterocycles. The number of nitrogens with zero attached hydrogens (tertiary/aromatic N) is 1. The fourth-order valence-electron chi connectivity index (χ4n) is 2.68. The van der Waals surface area contributed by atoms with E-state index in [0.717, 1.165) is 13.2 Å². The van der Waals surface area contributed by atoms with Crippen LogP contribution in [0.1, 0.15) is 33.6 Å². The normalized spacial score (nSPS) is 37.5. The first-order valence-electron chi connectivity index (χ1n) is 6.49. The highest BCUT2D eigenvalue weighted by Gasteiger charge is 2.41. The van der Waals surface area contributed by atoms with Gasteiger partial charge in [0, 0.05) is 17.9 Å². The Balaban J connectivity index is 1.93. The monoisotopic (exact) mass is 226 g/mol. The zero-order valence-electron chi connectivity index (χ0n) is 11.2. The molecule has 2 aliphatic rings. The number of ether oxygens (including phenoxy) is 1. The number of hydrogen-bond acceptors (Lipinski definition) is 3. The zero-order valence-corrected chi connectivity index (χ0v) is 11.2. The van der Waals surface area contributed by atoms with Crippen molar-refractivity contribution < 1.29 is 4.74 Å². The second-order valence-corrected chi connectivity index (χ2v) is 6.49. The van der Waals surface area contributed by atoms with Crippen LogP contribution in [0.25, 0.3) is 0 Å². The maximum absolute atomic E-state index is 6.13. The van der Waals surface area contributed by atoms with Gasteiger partial charge in [-0.05, 0) is 39.9 Å². The third-order valence-electron chi connectivity index (χ3n) is 4.18. The quantitative estimate of drug-likeness (QED) is 0.736. The maximum Gasteiger partial charge on any atom is 0.119 e. The Morgan fingerprint density at radius 2 is 1.81 bits per heavy atom. The van der Waals surface area contributed by atoms with Gasteiger partial charge in [-0.2, -0.15) is 0 Å². The van der Waals surface area contributed by atoms with Crippen molar-refractivity contribution in [3.8, 4) is 0 Å². The Morgan fingerprint density at radius 3 is 2.31 bits per heavy atom. The molecule has 0 radical (unpaired) electrons. The summed E-state index contributed by atoms with van der Waals surface area (Å²) in [5, 5.41) is 3.63. The number of nitrogens with one attached hydrogen (secondary N) is 1. The first kappa shape index (κ1) is 12.3. The van der Waals surface area contributed by atoms with Gasteiger partial charge in [-0.1, -0.05) is 13.8 Å². The second-order valence-electron chi connectivity index (χ2n) is 6.49. The van der Waals surface area contributed by atoms with Crippen LogP contribution in [0.15, 0.2) is 0 Å². The zero-order chi connectivity index (χ0) is 11.8. The molecule has 0 aromatic heterocycles. The molecule has 0 bridgehead atoms. The Kier molecular flexibility index (Phi) is 3.30. The van der Waals surface area contributed by atoms with Crippen molar-refractivity contribution in [2.75, 3.05) is 33.3 Å². The highest BCUT2D eigenvalue weighted by molar-refractivity contribution is 4.91. The SMILES string of the molecule is CN1CCC(C2(C)NCC(C)(C)CO2)CC1. The summed E-state index contributed by atoms with van der Waals surface area (Å²) >= 11 is 0. The maximum atomic E-state index is 6.13. The van der Waals surface area contributed by atoms with Crippen molar-refractivity contribution >= 4 is 0 Å². The van der Waals surface area contributed by atoms with Gasteiger partial charge >= 0.3 is 0 Å². The Hall–Kier alpha value is -0.120. The molecule has 0 amide bonds. The lowest BCUT2D eigenvalue weighted by Gasteiger charge is -2.48. The van der Waals surface area contributed by atoms with Gasteiger partial charge in [0.15, 0.2) is 0 Å². The summed E-state index contributed by atoms with van der Waals surface area (Å²) in [6.45, 7) is 11.1. The van der Waals surface area contributed by atoms with Gasteiger partial charge < -0.3 is 9.64 Å². The molecule has 94 valence electrons. The number of likely N-dealkylation sites (tertiary alicyclic amines) is 1. The molecule has 2 heterocycles. The molecule has 2 fully saturated rings. The molecule has 3 nitrogen and oxygen atoms in total. The summed E-state index contributed by atoms with van der Waals surface area (Å²) in [4.78, 5) is 2.41. The Labute approximate surface area is 99.5 Å². The molecule has 0 aromatic carbocycles. The van der Waals surface area contributed by atoms with Gasteiger partial charge in [-0.3, -0.25) is 5.32 Å². The summed E-state index contributed by atoms with van der Waals surface area (Å²) in [5.74, 6) is 0.666. The number of rotatable bonds is 1. The third kappa shape index (κ3) is 2.58. The van der Waals surface area contributed by atoms with Crippen LogP contribution in [0, 0.1) is 11.3 Å². The van der Waals surface area contributed by atoms with Crippen LogP contribution in [0.5, 0.6) is 0 Å². The first-order valence-corrected chi connectivity index (χ1v) is 6.49. The Bertz CT molecular complexity index is 234. The predicted molar refractivity (Wildman–Crippen MR) is 66.4 cm³/mol. The lowest BCUT2D eigenvalue weighted by molar-refractivity contribution is -0.164. The van der Waals surface area contributed by atoms with Crippen LogP contribution in [-0.4, -0.2) is 43.9 Å². The largest absolute Gasteiger partial charge is 0.360 e. The van der Waals surface area contributed by atoms with Crippen molar-refractivity contribution in [3.63, 3.8) is 0 Å².